The molecule has 0 spiro atoms. The Morgan fingerprint density at radius 3 is 2.04 bits per heavy atom. The highest BCUT2D eigenvalue weighted by Gasteiger charge is 2.35. The van der Waals surface area contributed by atoms with Crippen molar-refractivity contribution in [1.29, 1.82) is 0 Å². The third kappa shape index (κ3) is 9.21. The number of benzene rings is 4. The topological polar surface area (TPSA) is 105 Å². The number of rotatable bonds is 15. The van der Waals surface area contributed by atoms with E-state index in [4.69, 9.17) is 32.7 Å². The van der Waals surface area contributed by atoms with E-state index in [0.29, 0.717) is 22.9 Å². The Bertz CT molecular complexity index is 1810. The number of amides is 2. The van der Waals surface area contributed by atoms with Crippen LogP contribution >= 0.6 is 23.2 Å². The van der Waals surface area contributed by atoms with Gasteiger partial charge in [0.05, 0.1) is 34.8 Å². The molecule has 0 aromatic heterocycles. The van der Waals surface area contributed by atoms with E-state index < -0.39 is 28.5 Å². The molecule has 2 amide bonds. The quantitative estimate of drug-likeness (QED) is 0.149. The molecule has 0 bridgehead atoms. The van der Waals surface area contributed by atoms with Crippen molar-refractivity contribution in [3.8, 4) is 11.5 Å². The number of anilines is 1. The van der Waals surface area contributed by atoms with Gasteiger partial charge >= 0.3 is 0 Å². The molecule has 1 atom stereocenters. The van der Waals surface area contributed by atoms with Crippen molar-refractivity contribution in [3.63, 3.8) is 0 Å². The lowest BCUT2D eigenvalue weighted by molar-refractivity contribution is -0.140. The molecule has 48 heavy (non-hydrogen) atoms. The standard InChI is InChI=1S/C36H39Cl2N3O6S/c1-25(2)22-39-36(43)32(20-26-11-7-5-8-12-26)40(23-27-15-17-30(37)31(38)19-27)35(42)24-41(48(44,45)29-13-9-6-10-14-29)28-16-18-33(46-3)34(21-28)47-4/h5-19,21,25,32H,20,22-24H2,1-4H3,(H,39,43). The largest absolute Gasteiger partial charge is 0.493 e. The maximum atomic E-state index is 14.6. The summed E-state index contributed by atoms with van der Waals surface area (Å²) in [6.45, 7) is 3.66. The van der Waals surface area contributed by atoms with Gasteiger partial charge in [-0.2, -0.15) is 0 Å². The molecule has 4 aromatic carbocycles. The van der Waals surface area contributed by atoms with Crippen LogP contribution in [0.1, 0.15) is 25.0 Å². The zero-order valence-electron chi connectivity index (χ0n) is 27.2. The Hall–Kier alpha value is -4.25. The highest BCUT2D eigenvalue weighted by molar-refractivity contribution is 7.92. The van der Waals surface area contributed by atoms with E-state index in [1.165, 1.54) is 43.4 Å². The van der Waals surface area contributed by atoms with Crippen molar-refractivity contribution < 1.29 is 27.5 Å². The van der Waals surface area contributed by atoms with Crippen LogP contribution in [0.4, 0.5) is 5.69 Å². The predicted molar refractivity (Wildman–Crippen MR) is 189 cm³/mol. The summed E-state index contributed by atoms with van der Waals surface area (Å²) in [5.74, 6) is -0.170. The van der Waals surface area contributed by atoms with Crippen molar-refractivity contribution in [1.82, 2.24) is 10.2 Å². The Labute approximate surface area is 292 Å². The van der Waals surface area contributed by atoms with Crippen LogP contribution in [-0.4, -0.2) is 58.5 Å². The lowest BCUT2D eigenvalue weighted by Gasteiger charge is -2.34. The summed E-state index contributed by atoms with van der Waals surface area (Å²) in [4.78, 5) is 29.9. The van der Waals surface area contributed by atoms with Crippen LogP contribution < -0.4 is 19.1 Å². The molecule has 0 aliphatic heterocycles. The molecular weight excluding hydrogens is 673 g/mol. The maximum absolute atomic E-state index is 14.6. The smallest absolute Gasteiger partial charge is 0.264 e. The van der Waals surface area contributed by atoms with E-state index in [9.17, 15) is 18.0 Å². The SMILES string of the molecule is COc1ccc(N(CC(=O)N(Cc2ccc(Cl)c(Cl)c2)C(Cc2ccccc2)C(=O)NCC(C)C)S(=O)(=O)c2ccccc2)cc1OC. The summed E-state index contributed by atoms with van der Waals surface area (Å²) in [6, 6.07) is 25.7. The first-order valence-corrected chi connectivity index (χ1v) is 17.5. The summed E-state index contributed by atoms with van der Waals surface area (Å²) in [7, 11) is -1.38. The Kier molecular flexibility index (Phi) is 12.7. The van der Waals surface area contributed by atoms with Gasteiger partial charge in [0.2, 0.25) is 11.8 Å². The first-order chi connectivity index (χ1) is 22.9. The average molecular weight is 713 g/mol. The van der Waals surface area contributed by atoms with Crippen LogP contribution in [0.15, 0.2) is 102 Å². The van der Waals surface area contributed by atoms with Gasteiger partial charge in [-0.05, 0) is 53.4 Å². The molecule has 0 heterocycles. The fraction of sp³-hybridized carbons (Fsp3) is 0.278. The predicted octanol–water partition coefficient (Wildman–Crippen LogP) is 6.62. The number of nitrogens with zero attached hydrogens (tertiary/aromatic N) is 2. The second-order valence-corrected chi connectivity index (χ2v) is 14.2. The highest BCUT2D eigenvalue weighted by Crippen LogP contribution is 2.34. The van der Waals surface area contributed by atoms with Gasteiger partial charge in [0, 0.05) is 25.6 Å². The summed E-state index contributed by atoms with van der Waals surface area (Å²) in [5, 5.41) is 3.59. The van der Waals surface area contributed by atoms with Crippen LogP contribution in [-0.2, 0) is 32.6 Å². The zero-order chi connectivity index (χ0) is 34.8. The molecule has 9 nitrogen and oxygen atoms in total. The molecular formula is C36H39Cl2N3O6S. The lowest BCUT2D eigenvalue weighted by atomic mass is 10.0. The molecule has 4 rings (SSSR count). The van der Waals surface area contributed by atoms with Crippen LogP contribution in [0.3, 0.4) is 0 Å². The van der Waals surface area contributed by atoms with Gasteiger partial charge in [0.1, 0.15) is 12.6 Å². The third-order valence-electron chi connectivity index (χ3n) is 7.56. The van der Waals surface area contributed by atoms with Gasteiger partial charge in [0.15, 0.2) is 11.5 Å². The van der Waals surface area contributed by atoms with E-state index in [2.05, 4.69) is 5.32 Å². The second-order valence-electron chi connectivity index (χ2n) is 11.5. The van der Waals surface area contributed by atoms with Crippen molar-refractivity contribution >= 4 is 50.7 Å². The number of methoxy groups -OCH3 is 2. The molecule has 0 radical (unpaired) electrons. The van der Waals surface area contributed by atoms with Crippen molar-refractivity contribution in [2.24, 2.45) is 5.92 Å². The first kappa shape index (κ1) is 36.6. The monoisotopic (exact) mass is 711 g/mol. The Morgan fingerprint density at radius 1 is 0.792 bits per heavy atom. The van der Waals surface area contributed by atoms with E-state index in [0.717, 1.165) is 9.87 Å². The van der Waals surface area contributed by atoms with Gasteiger partial charge in [-0.15, -0.1) is 0 Å². The number of hydrogen-bond acceptors (Lipinski definition) is 6. The fourth-order valence-corrected chi connectivity index (χ4v) is 6.79. The second kappa shape index (κ2) is 16.7. The Morgan fingerprint density at radius 2 is 1.44 bits per heavy atom. The number of ether oxygens (including phenoxy) is 2. The van der Waals surface area contributed by atoms with Crippen molar-refractivity contribution in [3.05, 3.63) is 118 Å². The molecule has 254 valence electrons. The van der Waals surface area contributed by atoms with E-state index in [1.54, 1.807) is 42.5 Å². The zero-order valence-corrected chi connectivity index (χ0v) is 29.6. The number of carbonyl (C=O) groups is 2. The van der Waals surface area contributed by atoms with Gasteiger partial charge in [0.25, 0.3) is 10.0 Å². The van der Waals surface area contributed by atoms with E-state index in [-0.39, 0.29) is 46.1 Å². The first-order valence-electron chi connectivity index (χ1n) is 15.3. The van der Waals surface area contributed by atoms with Crippen LogP contribution in [0, 0.1) is 5.92 Å². The molecule has 12 heteroatoms. The van der Waals surface area contributed by atoms with Crippen LogP contribution in [0.5, 0.6) is 11.5 Å². The van der Waals surface area contributed by atoms with Gasteiger partial charge in [-0.25, -0.2) is 8.42 Å². The molecule has 0 fully saturated rings. The summed E-state index contributed by atoms with van der Waals surface area (Å²) in [6.07, 6.45) is 0.180. The molecule has 4 aromatic rings. The summed E-state index contributed by atoms with van der Waals surface area (Å²) < 4.78 is 40.3. The number of halogens is 2. The summed E-state index contributed by atoms with van der Waals surface area (Å²) >= 11 is 12.5. The van der Waals surface area contributed by atoms with Gasteiger partial charge < -0.3 is 19.7 Å². The van der Waals surface area contributed by atoms with Crippen molar-refractivity contribution in [2.45, 2.75) is 37.8 Å². The highest BCUT2D eigenvalue weighted by atomic mass is 35.5. The van der Waals surface area contributed by atoms with Gasteiger partial charge in [-0.1, -0.05) is 91.6 Å². The third-order valence-corrected chi connectivity index (χ3v) is 10.1. The fourth-order valence-electron chi connectivity index (χ4n) is 5.04. The van der Waals surface area contributed by atoms with Crippen LogP contribution in [0.25, 0.3) is 0 Å². The van der Waals surface area contributed by atoms with E-state index in [1.807, 2.05) is 44.2 Å². The molecule has 0 aliphatic rings. The number of nitrogens with one attached hydrogen (secondary N) is 1. The molecule has 0 aliphatic carbocycles. The number of sulfonamides is 1. The van der Waals surface area contributed by atoms with Crippen LogP contribution in [0.2, 0.25) is 10.0 Å². The molecule has 0 saturated heterocycles. The molecule has 1 N–H and O–H groups in total. The minimum atomic E-state index is -4.29. The average Bonchev–Trinajstić information content (AvgIpc) is 3.09. The van der Waals surface area contributed by atoms with Gasteiger partial charge in [-0.3, -0.25) is 13.9 Å². The summed E-state index contributed by atoms with van der Waals surface area (Å²) in [5.41, 5.74) is 1.60. The number of hydrogen-bond donors (Lipinski definition) is 1. The number of carbonyl (C=O) groups excluding carboxylic acids is 2. The maximum Gasteiger partial charge on any atom is 0.264 e. The molecule has 0 saturated carbocycles. The lowest BCUT2D eigenvalue weighted by Crippen LogP contribution is -2.53. The van der Waals surface area contributed by atoms with Crippen molar-refractivity contribution in [2.75, 3.05) is 31.6 Å². The minimum Gasteiger partial charge on any atom is -0.493 e. The molecule has 1 unspecified atom stereocenters. The minimum absolute atomic E-state index is 0.0147. The normalized spacial score (nSPS) is 11.9. The van der Waals surface area contributed by atoms with E-state index >= 15 is 0 Å². The Balaban J connectivity index is 1.84.